The van der Waals surface area contributed by atoms with E-state index in [1.165, 1.54) is 24.9 Å². The molecule has 2 aliphatic rings. The minimum absolute atomic E-state index is 0.190. The molecule has 114 valence electrons. The molecule has 0 amide bonds. The van der Waals surface area contributed by atoms with Gasteiger partial charge < -0.3 is 15.8 Å². The molecule has 2 aliphatic heterocycles. The van der Waals surface area contributed by atoms with Crippen molar-refractivity contribution in [1.82, 2.24) is 4.90 Å². The van der Waals surface area contributed by atoms with Crippen molar-refractivity contribution in [3.05, 3.63) is 29.3 Å². The smallest absolute Gasteiger partial charge is 0.172 e. The predicted octanol–water partition coefficient (Wildman–Crippen LogP) is 1.76. The molecule has 3 rings (SSSR count). The number of benzene rings is 1. The van der Waals surface area contributed by atoms with Crippen LogP contribution in [0.15, 0.2) is 23.4 Å². The van der Waals surface area contributed by atoms with E-state index in [0.717, 1.165) is 24.3 Å². The summed E-state index contributed by atoms with van der Waals surface area (Å²) in [4.78, 5) is 5.04. The SMILES string of the molecule is Cc1cccc(/C(N)=N/O)c1N1CC2CCCN2CC1C. The van der Waals surface area contributed by atoms with Gasteiger partial charge in [-0.1, -0.05) is 17.3 Å². The van der Waals surface area contributed by atoms with Crippen molar-refractivity contribution in [1.29, 1.82) is 0 Å². The van der Waals surface area contributed by atoms with Gasteiger partial charge in [-0.15, -0.1) is 0 Å². The average Bonchev–Trinajstić information content (AvgIpc) is 2.92. The molecule has 1 aromatic rings. The molecule has 0 aromatic heterocycles. The number of amidine groups is 1. The van der Waals surface area contributed by atoms with Crippen LogP contribution in [-0.4, -0.2) is 47.7 Å². The molecule has 2 heterocycles. The summed E-state index contributed by atoms with van der Waals surface area (Å²) in [7, 11) is 0. The summed E-state index contributed by atoms with van der Waals surface area (Å²) in [6, 6.07) is 7.07. The maximum Gasteiger partial charge on any atom is 0.172 e. The number of rotatable bonds is 2. The van der Waals surface area contributed by atoms with Gasteiger partial charge >= 0.3 is 0 Å². The lowest BCUT2D eigenvalue weighted by Crippen LogP contribution is -2.55. The molecule has 0 saturated carbocycles. The van der Waals surface area contributed by atoms with Crippen LogP contribution in [0.1, 0.15) is 30.9 Å². The third kappa shape index (κ3) is 2.46. The normalized spacial score (nSPS) is 27.0. The average molecular weight is 288 g/mol. The quantitative estimate of drug-likeness (QED) is 0.377. The molecule has 2 fully saturated rings. The number of piperazine rings is 1. The highest BCUT2D eigenvalue weighted by Gasteiger charge is 2.35. The Bertz CT molecular complexity index is 557. The van der Waals surface area contributed by atoms with Crippen LogP contribution in [-0.2, 0) is 0 Å². The first kappa shape index (κ1) is 14.2. The molecule has 0 spiro atoms. The van der Waals surface area contributed by atoms with Crippen molar-refractivity contribution in [2.24, 2.45) is 10.9 Å². The maximum absolute atomic E-state index is 9.05. The minimum Gasteiger partial charge on any atom is -0.409 e. The van der Waals surface area contributed by atoms with Crippen LogP contribution in [0.2, 0.25) is 0 Å². The lowest BCUT2D eigenvalue weighted by atomic mass is 10.0. The van der Waals surface area contributed by atoms with Gasteiger partial charge in [0.1, 0.15) is 0 Å². The first-order valence-electron chi connectivity index (χ1n) is 7.70. The highest BCUT2D eigenvalue weighted by Crippen LogP contribution is 2.32. The molecule has 0 radical (unpaired) electrons. The number of fused-ring (bicyclic) bond motifs is 1. The number of hydrogen-bond donors (Lipinski definition) is 2. The second-order valence-corrected chi connectivity index (χ2v) is 6.25. The van der Waals surface area contributed by atoms with Crippen LogP contribution in [0.4, 0.5) is 5.69 Å². The minimum atomic E-state index is 0.190. The van der Waals surface area contributed by atoms with E-state index >= 15 is 0 Å². The van der Waals surface area contributed by atoms with Crippen molar-refractivity contribution in [3.63, 3.8) is 0 Å². The van der Waals surface area contributed by atoms with Crippen molar-refractivity contribution in [2.75, 3.05) is 24.5 Å². The fourth-order valence-electron chi connectivity index (χ4n) is 3.80. The monoisotopic (exact) mass is 288 g/mol. The van der Waals surface area contributed by atoms with Crippen LogP contribution in [0.5, 0.6) is 0 Å². The first-order chi connectivity index (χ1) is 10.1. The molecule has 2 unspecified atom stereocenters. The summed E-state index contributed by atoms with van der Waals surface area (Å²) in [5, 5.41) is 12.3. The molecular weight excluding hydrogens is 264 g/mol. The number of anilines is 1. The third-order valence-corrected chi connectivity index (χ3v) is 4.85. The molecule has 1 aromatic carbocycles. The van der Waals surface area contributed by atoms with E-state index < -0.39 is 0 Å². The van der Waals surface area contributed by atoms with E-state index in [1.807, 2.05) is 12.1 Å². The Kier molecular flexibility index (Phi) is 3.76. The molecule has 0 aliphatic carbocycles. The van der Waals surface area contributed by atoms with Gasteiger partial charge in [-0.05, 0) is 44.9 Å². The first-order valence-corrected chi connectivity index (χ1v) is 7.70. The Balaban J connectivity index is 1.99. The van der Waals surface area contributed by atoms with E-state index in [0.29, 0.717) is 12.1 Å². The fraction of sp³-hybridized carbons (Fsp3) is 0.562. The number of nitrogens with zero attached hydrogens (tertiary/aromatic N) is 3. The predicted molar refractivity (Wildman–Crippen MR) is 85.1 cm³/mol. The molecule has 21 heavy (non-hydrogen) atoms. The van der Waals surface area contributed by atoms with Gasteiger partial charge in [0.05, 0.1) is 5.69 Å². The maximum atomic E-state index is 9.05. The van der Waals surface area contributed by atoms with Gasteiger partial charge in [-0.25, -0.2) is 0 Å². The molecule has 5 nitrogen and oxygen atoms in total. The number of para-hydroxylation sites is 1. The summed E-state index contributed by atoms with van der Waals surface area (Å²) in [5.74, 6) is 0.190. The molecule has 2 saturated heterocycles. The Morgan fingerprint density at radius 3 is 2.95 bits per heavy atom. The van der Waals surface area contributed by atoms with Crippen LogP contribution in [0.25, 0.3) is 0 Å². The van der Waals surface area contributed by atoms with E-state index in [2.05, 4.69) is 34.9 Å². The zero-order valence-corrected chi connectivity index (χ0v) is 12.8. The standard InChI is InChI=1S/C16H24N4O/c1-11-5-3-7-14(16(17)18-21)15(11)20-10-13-6-4-8-19(13)9-12(20)2/h3,5,7,12-13,21H,4,6,8-10H2,1-2H3,(H2,17,18). The molecule has 0 bridgehead atoms. The van der Waals surface area contributed by atoms with Crippen LogP contribution >= 0.6 is 0 Å². The van der Waals surface area contributed by atoms with Gasteiger partial charge in [-0.2, -0.15) is 0 Å². The lowest BCUT2D eigenvalue weighted by molar-refractivity contribution is 0.203. The third-order valence-electron chi connectivity index (χ3n) is 4.85. The summed E-state index contributed by atoms with van der Waals surface area (Å²) >= 11 is 0. The zero-order valence-electron chi connectivity index (χ0n) is 12.8. The largest absolute Gasteiger partial charge is 0.409 e. The van der Waals surface area contributed by atoms with Crippen LogP contribution in [0, 0.1) is 6.92 Å². The van der Waals surface area contributed by atoms with Gasteiger partial charge in [0.25, 0.3) is 0 Å². The summed E-state index contributed by atoms with van der Waals surface area (Å²) in [5.41, 5.74) is 9.01. The number of oxime groups is 1. The molecular formula is C16H24N4O. The topological polar surface area (TPSA) is 65.1 Å². The summed E-state index contributed by atoms with van der Waals surface area (Å²) < 4.78 is 0. The molecule has 3 N–H and O–H groups in total. The molecule has 5 heteroatoms. The second-order valence-electron chi connectivity index (χ2n) is 6.25. The Morgan fingerprint density at radius 1 is 1.38 bits per heavy atom. The summed E-state index contributed by atoms with van der Waals surface area (Å²) in [6.45, 7) is 7.70. The van der Waals surface area contributed by atoms with Gasteiger partial charge in [0, 0.05) is 30.7 Å². The second kappa shape index (κ2) is 5.56. The van der Waals surface area contributed by atoms with Crippen molar-refractivity contribution >= 4 is 11.5 Å². The number of aryl methyl sites for hydroxylation is 1. The Hall–Kier alpha value is -1.75. The van der Waals surface area contributed by atoms with Crippen LogP contribution in [0.3, 0.4) is 0 Å². The van der Waals surface area contributed by atoms with Gasteiger partial charge in [-0.3, -0.25) is 4.90 Å². The van der Waals surface area contributed by atoms with Crippen molar-refractivity contribution in [3.8, 4) is 0 Å². The van der Waals surface area contributed by atoms with E-state index in [4.69, 9.17) is 10.9 Å². The van der Waals surface area contributed by atoms with E-state index in [1.54, 1.807) is 0 Å². The lowest BCUT2D eigenvalue weighted by Gasteiger charge is -2.44. The van der Waals surface area contributed by atoms with Crippen LogP contribution < -0.4 is 10.6 Å². The fourth-order valence-corrected chi connectivity index (χ4v) is 3.80. The number of nitrogens with two attached hydrogens (primary N) is 1. The Morgan fingerprint density at radius 2 is 2.19 bits per heavy atom. The van der Waals surface area contributed by atoms with Gasteiger partial charge in [0.15, 0.2) is 5.84 Å². The summed E-state index contributed by atoms with van der Waals surface area (Å²) in [6.07, 6.45) is 2.57. The van der Waals surface area contributed by atoms with Crippen molar-refractivity contribution < 1.29 is 5.21 Å². The zero-order chi connectivity index (χ0) is 15.0. The number of hydrogen-bond acceptors (Lipinski definition) is 4. The Labute approximate surface area is 126 Å². The van der Waals surface area contributed by atoms with Gasteiger partial charge in [0.2, 0.25) is 0 Å². The highest BCUT2D eigenvalue weighted by molar-refractivity contribution is 6.02. The van der Waals surface area contributed by atoms with E-state index in [-0.39, 0.29) is 5.84 Å². The molecule has 2 atom stereocenters. The van der Waals surface area contributed by atoms with Crippen molar-refractivity contribution in [2.45, 2.75) is 38.8 Å². The van der Waals surface area contributed by atoms with E-state index in [9.17, 15) is 0 Å². The highest BCUT2D eigenvalue weighted by atomic mass is 16.4.